The van der Waals surface area contributed by atoms with Crippen LogP contribution < -0.4 is 15.5 Å². The maximum Gasteiger partial charge on any atom is 0.243 e. The summed E-state index contributed by atoms with van der Waals surface area (Å²) in [6.07, 6.45) is 0. The number of nitrogens with one attached hydrogen (secondary N) is 2. The van der Waals surface area contributed by atoms with Crippen molar-refractivity contribution in [3.8, 4) is 0 Å². The van der Waals surface area contributed by atoms with Crippen LogP contribution in [0.15, 0.2) is 53.0 Å². The van der Waals surface area contributed by atoms with Gasteiger partial charge in [-0.1, -0.05) is 12.1 Å². The molecule has 0 unspecified atom stereocenters. The molecule has 0 fully saturated rings. The lowest BCUT2D eigenvalue weighted by Crippen LogP contribution is -2.23. The number of nitrogens with zero attached hydrogens (tertiary/aromatic N) is 1. The number of para-hydroxylation sites is 1. The molecule has 0 spiro atoms. The zero-order chi connectivity index (χ0) is 16.8. The number of carbonyl (C=O) groups excluding carboxylic acids is 2. The lowest BCUT2D eigenvalue weighted by atomic mass is 10.2. The van der Waals surface area contributed by atoms with Gasteiger partial charge in [-0.15, -0.1) is 0 Å². The van der Waals surface area contributed by atoms with Gasteiger partial charge in [-0.25, -0.2) is 0 Å². The molecule has 0 saturated carbocycles. The van der Waals surface area contributed by atoms with Crippen molar-refractivity contribution in [2.24, 2.45) is 0 Å². The van der Waals surface area contributed by atoms with Crippen LogP contribution in [0.4, 0.5) is 17.1 Å². The van der Waals surface area contributed by atoms with Crippen molar-refractivity contribution in [2.75, 3.05) is 29.1 Å². The third-order valence-electron chi connectivity index (χ3n) is 3.33. The van der Waals surface area contributed by atoms with Crippen molar-refractivity contribution in [1.29, 1.82) is 0 Å². The SMILES string of the molecule is CC(=O)N(C)c1ccc(NCC(=O)Nc2ccccc2Br)cc1. The first-order chi connectivity index (χ1) is 11.0. The average Bonchev–Trinajstić information content (AvgIpc) is 2.55. The molecule has 23 heavy (non-hydrogen) atoms. The number of hydrogen-bond donors (Lipinski definition) is 2. The van der Waals surface area contributed by atoms with E-state index < -0.39 is 0 Å². The molecule has 2 aromatic carbocycles. The Balaban J connectivity index is 1.89. The predicted octanol–water partition coefficient (Wildman–Crippen LogP) is 3.48. The summed E-state index contributed by atoms with van der Waals surface area (Å²) in [7, 11) is 1.72. The summed E-state index contributed by atoms with van der Waals surface area (Å²) in [5.74, 6) is -0.166. The molecule has 0 aromatic heterocycles. The van der Waals surface area contributed by atoms with Gasteiger partial charge in [-0.3, -0.25) is 9.59 Å². The molecule has 0 aliphatic carbocycles. The molecule has 6 heteroatoms. The highest BCUT2D eigenvalue weighted by molar-refractivity contribution is 9.10. The average molecular weight is 376 g/mol. The predicted molar refractivity (Wildman–Crippen MR) is 96.8 cm³/mol. The van der Waals surface area contributed by atoms with E-state index in [2.05, 4.69) is 26.6 Å². The largest absolute Gasteiger partial charge is 0.376 e. The third kappa shape index (κ3) is 4.82. The molecule has 2 aromatic rings. The molecule has 2 amide bonds. The van der Waals surface area contributed by atoms with E-state index >= 15 is 0 Å². The van der Waals surface area contributed by atoms with Crippen LogP contribution in [0.5, 0.6) is 0 Å². The zero-order valence-corrected chi connectivity index (χ0v) is 14.6. The van der Waals surface area contributed by atoms with Crippen molar-refractivity contribution in [3.63, 3.8) is 0 Å². The van der Waals surface area contributed by atoms with Gasteiger partial charge >= 0.3 is 0 Å². The van der Waals surface area contributed by atoms with Gasteiger partial charge < -0.3 is 15.5 Å². The highest BCUT2D eigenvalue weighted by Gasteiger charge is 2.07. The first kappa shape index (κ1) is 17.0. The fraction of sp³-hybridized carbons (Fsp3) is 0.176. The lowest BCUT2D eigenvalue weighted by molar-refractivity contribution is -0.116. The number of anilines is 3. The first-order valence-electron chi connectivity index (χ1n) is 7.10. The Hall–Kier alpha value is -2.34. The number of amides is 2. The van der Waals surface area contributed by atoms with E-state index in [4.69, 9.17) is 0 Å². The standard InChI is InChI=1S/C17H18BrN3O2/c1-12(22)21(2)14-9-7-13(8-10-14)19-11-17(23)20-16-6-4-3-5-15(16)18/h3-10,19H,11H2,1-2H3,(H,20,23). The summed E-state index contributed by atoms with van der Waals surface area (Å²) in [6.45, 7) is 1.67. The number of benzene rings is 2. The summed E-state index contributed by atoms with van der Waals surface area (Å²) in [5, 5.41) is 5.87. The molecular weight excluding hydrogens is 358 g/mol. The Morgan fingerprint density at radius 1 is 1.09 bits per heavy atom. The fourth-order valence-corrected chi connectivity index (χ4v) is 2.31. The van der Waals surface area contributed by atoms with Gasteiger partial charge in [-0.05, 0) is 52.3 Å². The molecular formula is C17H18BrN3O2. The van der Waals surface area contributed by atoms with Crippen LogP contribution in [0.25, 0.3) is 0 Å². The minimum atomic E-state index is -0.137. The smallest absolute Gasteiger partial charge is 0.243 e. The lowest BCUT2D eigenvalue weighted by Gasteiger charge is -2.15. The number of hydrogen-bond acceptors (Lipinski definition) is 3. The second kappa shape index (κ2) is 7.78. The van der Waals surface area contributed by atoms with Crippen LogP contribution in [-0.4, -0.2) is 25.4 Å². The van der Waals surface area contributed by atoms with Gasteiger partial charge in [0.1, 0.15) is 0 Å². The van der Waals surface area contributed by atoms with E-state index in [0.717, 1.165) is 21.5 Å². The highest BCUT2D eigenvalue weighted by Crippen LogP contribution is 2.21. The molecule has 0 aliphatic rings. The van der Waals surface area contributed by atoms with Gasteiger partial charge in [0.25, 0.3) is 0 Å². The molecule has 0 bridgehead atoms. The van der Waals surface area contributed by atoms with Crippen molar-refractivity contribution in [2.45, 2.75) is 6.92 Å². The van der Waals surface area contributed by atoms with Crippen LogP contribution >= 0.6 is 15.9 Å². The number of rotatable bonds is 5. The molecule has 2 rings (SSSR count). The van der Waals surface area contributed by atoms with E-state index in [-0.39, 0.29) is 18.4 Å². The summed E-state index contributed by atoms with van der Waals surface area (Å²) in [5.41, 5.74) is 2.35. The van der Waals surface area contributed by atoms with Gasteiger partial charge in [0, 0.05) is 29.8 Å². The van der Waals surface area contributed by atoms with Crippen molar-refractivity contribution < 1.29 is 9.59 Å². The minimum absolute atomic E-state index is 0.0291. The highest BCUT2D eigenvalue weighted by atomic mass is 79.9. The molecule has 0 heterocycles. The summed E-state index contributed by atoms with van der Waals surface area (Å²) < 4.78 is 0.838. The molecule has 0 saturated heterocycles. The summed E-state index contributed by atoms with van der Waals surface area (Å²) in [6, 6.07) is 14.8. The quantitative estimate of drug-likeness (QED) is 0.840. The molecule has 2 N–H and O–H groups in total. The second-order valence-corrected chi connectivity index (χ2v) is 5.86. The zero-order valence-electron chi connectivity index (χ0n) is 13.0. The van der Waals surface area contributed by atoms with Crippen LogP contribution in [0.2, 0.25) is 0 Å². The molecule has 0 atom stereocenters. The topological polar surface area (TPSA) is 61.4 Å². The maximum absolute atomic E-state index is 12.0. The summed E-state index contributed by atoms with van der Waals surface area (Å²) in [4.78, 5) is 24.8. The Bertz CT molecular complexity index is 701. The second-order valence-electron chi connectivity index (χ2n) is 5.01. The Morgan fingerprint density at radius 2 is 1.74 bits per heavy atom. The van der Waals surface area contributed by atoms with Crippen molar-refractivity contribution >= 4 is 44.8 Å². The van der Waals surface area contributed by atoms with E-state index in [9.17, 15) is 9.59 Å². The van der Waals surface area contributed by atoms with Crippen LogP contribution in [0.3, 0.4) is 0 Å². The van der Waals surface area contributed by atoms with Crippen LogP contribution in [-0.2, 0) is 9.59 Å². The Labute approximate surface area is 143 Å². The van der Waals surface area contributed by atoms with Crippen LogP contribution in [0, 0.1) is 0 Å². The van der Waals surface area contributed by atoms with Gasteiger partial charge in [0.2, 0.25) is 11.8 Å². The summed E-state index contributed by atoms with van der Waals surface area (Å²) >= 11 is 3.39. The number of carbonyl (C=O) groups is 2. The fourth-order valence-electron chi connectivity index (χ4n) is 1.92. The number of halogens is 1. The minimum Gasteiger partial charge on any atom is -0.376 e. The monoisotopic (exact) mass is 375 g/mol. The maximum atomic E-state index is 12.0. The van der Waals surface area contributed by atoms with E-state index in [1.54, 1.807) is 11.9 Å². The first-order valence-corrected chi connectivity index (χ1v) is 7.89. The van der Waals surface area contributed by atoms with Gasteiger partial charge in [0.15, 0.2) is 0 Å². The van der Waals surface area contributed by atoms with E-state index in [1.807, 2.05) is 48.5 Å². The molecule has 0 aliphatic heterocycles. The van der Waals surface area contributed by atoms with E-state index in [0.29, 0.717) is 0 Å². The van der Waals surface area contributed by atoms with Gasteiger partial charge in [-0.2, -0.15) is 0 Å². The van der Waals surface area contributed by atoms with Crippen LogP contribution in [0.1, 0.15) is 6.92 Å². The Kier molecular flexibility index (Phi) is 5.76. The Morgan fingerprint density at radius 3 is 2.35 bits per heavy atom. The third-order valence-corrected chi connectivity index (χ3v) is 4.02. The molecule has 120 valence electrons. The molecule has 5 nitrogen and oxygen atoms in total. The van der Waals surface area contributed by atoms with Gasteiger partial charge in [0.05, 0.1) is 12.2 Å². The van der Waals surface area contributed by atoms with Crippen molar-refractivity contribution in [3.05, 3.63) is 53.0 Å². The molecule has 0 radical (unpaired) electrons. The van der Waals surface area contributed by atoms with E-state index in [1.165, 1.54) is 6.92 Å². The normalized spacial score (nSPS) is 10.0. The van der Waals surface area contributed by atoms with Crippen molar-refractivity contribution in [1.82, 2.24) is 0 Å².